The number of nitrogens with zero attached hydrogens (tertiary/aromatic N) is 3. The number of alkyl halides is 1. The maximum atomic E-state index is 11.9. The van der Waals surface area contributed by atoms with Gasteiger partial charge in [-0.15, -0.1) is 11.6 Å². The van der Waals surface area contributed by atoms with Crippen LogP contribution in [0.15, 0.2) is 16.7 Å². The first-order valence-electron chi connectivity index (χ1n) is 6.68. The zero-order valence-electron chi connectivity index (χ0n) is 12.3. The van der Waals surface area contributed by atoms with Gasteiger partial charge in [-0.25, -0.2) is 9.97 Å². The number of carbonyl (C=O) groups excluding carboxylic acids is 1. The maximum Gasteiger partial charge on any atom is 0.222 e. The average Bonchev–Trinajstić information content (AvgIpc) is 2.71. The third kappa shape index (κ3) is 4.17. The van der Waals surface area contributed by atoms with E-state index in [0.717, 1.165) is 21.5 Å². The summed E-state index contributed by atoms with van der Waals surface area (Å²) in [6.07, 6.45) is 2.08. The minimum atomic E-state index is -0.230. The van der Waals surface area contributed by atoms with Crippen molar-refractivity contribution in [2.75, 3.05) is 0 Å². The van der Waals surface area contributed by atoms with Crippen molar-refractivity contribution in [2.24, 2.45) is 0 Å². The van der Waals surface area contributed by atoms with E-state index < -0.39 is 0 Å². The standard InChI is InChI=1S/C14H18BrClN4O/c1-14(2,3)19-12(21)4-5-20-11(7-16)18-10-6-9(15)8-17-13(10)20/h6,8H,4-5,7H2,1-3H3,(H,19,21). The number of hydrogen-bond donors (Lipinski definition) is 1. The normalized spacial score (nSPS) is 11.9. The van der Waals surface area contributed by atoms with Crippen molar-refractivity contribution in [2.45, 2.75) is 45.2 Å². The molecule has 0 aliphatic rings. The van der Waals surface area contributed by atoms with Gasteiger partial charge in [-0.2, -0.15) is 0 Å². The van der Waals surface area contributed by atoms with E-state index >= 15 is 0 Å². The van der Waals surface area contributed by atoms with E-state index in [9.17, 15) is 4.79 Å². The minimum Gasteiger partial charge on any atom is -0.351 e. The van der Waals surface area contributed by atoms with Gasteiger partial charge in [0.2, 0.25) is 5.91 Å². The fourth-order valence-corrected chi connectivity index (χ4v) is 2.59. The molecule has 2 heterocycles. The van der Waals surface area contributed by atoms with Crippen LogP contribution in [0.25, 0.3) is 11.2 Å². The van der Waals surface area contributed by atoms with Crippen LogP contribution in [0.3, 0.4) is 0 Å². The van der Waals surface area contributed by atoms with Gasteiger partial charge < -0.3 is 9.88 Å². The summed E-state index contributed by atoms with van der Waals surface area (Å²) in [6.45, 7) is 6.39. The van der Waals surface area contributed by atoms with Crippen LogP contribution in [0.4, 0.5) is 0 Å². The molecule has 21 heavy (non-hydrogen) atoms. The van der Waals surface area contributed by atoms with Gasteiger partial charge in [-0.05, 0) is 42.8 Å². The number of rotatable bonds is 4. The molecule has 0 atom stereocenters. The Kier molecular flexibility index (Phi) is 4.88. The largest absolute Gasteiger partial charge is 0.351 e. The number of imidazole rings is 1. The van der Waals surface area contributed by atoms with Crippen LogP contribution >= 0.6 is 27.5 Å². The molecule has 2 aromatic heterocycles. The second-order valence-corrected chi connectivity index (χ2v) is 7.04. The van der Waals surface area contributed by atoms with Gasteiger partial charge in [-0.3, -0.25) is 4.79 Å². The smallest absolute Gasteiger partial charge is 0.222 e. The summed E-state index contributed by atoms with van der Waals surface area (Å²) in [5.41, 5.74) is 1.29. The van der Waals surface area contributed by atoms with Gasteiger partial charge in [0.1, 0.15) is 11.3 Å². The maximum absolute atomic E-state index is 11.9. The van der Waals surface area contributed by atoms with Crippen molar-refractivity contribution in [1.82, 2.24) is 19.9 Å². The molecule has 0 fully saturated rings. The molecule has 0 saturated heterocycles. The molecule has 0 saturated carbocycles. The highest BCUT2D eigenvalue weighted by molar-refractivity contribution is 9.10. The Balaban J connectivity index is 2.19. The summed E-state index contributed by atoms with van der Waals surface area (Å²) in [6, 6.07) is 1.89. The number of pyridine rings is 1. The fraction of sp³-hybridized carbons (Fsp3) is 0.500. The molecule has 114 valence electrons. The molecule has 5 nitrogen and oxygen atoms in total. The predicted octanol–water partition coefficient (Wildman–Crippen LogP) is 3.24. The Labute approximate surface area is 137 Å². The second kappa shape index (κ2) is 6.32. The Morgan fingerprint density at radius 3 is 2.81 bits per heavy atom. The summed E-state index contributed by atoms with van der Waals surface area (Å²) < 4.78 is 2.77. The molecule has 0 spiro atoms. The molecular formula is C14H18BrClN4O. The number of halogens is 2. The number of nitrogens with one attached hydrogen (secondary N) is 1. The van der Waals surface area contributed by atoms with E-state index in [1.54, 1.807) is 6.20 Å². The molecule has 0 aliphatic heterocycles. The number of amides is 1. The lowest BCUT2D eigenvalue weighted by atomic mass is 10.1. The summed E-state index contributed by atoms with van der Waals surface area (Å²) in [4.78, 5) is 20.8. The van der Waals surface area contributed by atoms with Crippen LogP contribution in [0, 0.1) is 0 Å². The van der Waals surface area contributed by atoms with Crippen LogP contribution in [0.1, 0.15) is 33.0 Å². The van der Waals surface area contributed by atoms with E-state index in [1.807, 2.05) is 31.4 Å². The first-order chi connectivity index (χ1) is 9.80. The lowest BCUT2D eigenvalue weighted by Gasteiger charge is -2.20. The predicted molar refractivity (Wildman–Crippen MR) is 87.3 cm³/mol. The molecule has 1 N–H and O–H groups in total. The highest BCUT2D eigenvalue weighted by Gasteiger charge is 2.16. The van der Waals surface area contributed by atoms with Crippen LogP contribution in [-0.2, 0) is 17.2 Å². The Morgan fingerprint density at radius 2 is 2.19 bits per heavy atom. The van der Waals surface area contributed by atoms with Crippen molar-refractivity contribution >= 4 is 44.6 Å². The van der Waals surface area contributed by atoms with Gasteiger partial charge in [0.25, 0.3) is 0 Å². The zero-order chi connectivity index (χ0) is 15.6. The summed E-state index contributed by atoms with van der Waals surface area (Å²) in [7, 11) is 0. The molecule has 0 bridgehead atoms. The first kappa shape index (κ1) is 16.2. The molecule has 2 rings (SSSR count). The van der Waals surface area contributed by atoms with Crippen molar-refractivity contribution in [3.8, 4) is 0 Å². The summed E-state index contributed by atoms with van der Waals surface area (Å²) in [5, 5.41) is 2.94. The summed E-state index contributed by atoms with van der Waals surface area (Å²) >= 11 is 9.32. The lowest BCUT2D eigenvalue weighted by Crippen LogP contribution is -2.40. The number of aryl methyl sites for hydroxylation is 1. The SMILES string of the molecule is CC(C)(C)NC(=O)CCn1c(CCl)nc2cc(Br)cnc21. The van der Waals surface area contributed by atoms with E-state index in [-0.39, 0.29) is 17.3 Å². The molecule has 1 amide bonds. The minimum absolute atomic E-state index is 0.00184. The second-order valence-electron chi connectivity index (χ2n) is 5.86. The van der Waals surface area contributed by atoms with Crippen LogP contribution in [0.5, 0.6) is 0 Å². The lowest BCUT2D eigenvalue weighted by molar-refractivity contribution is -0.122. The van der Waals surface area contributed by atoms with Crippen LogP contribution in [0.2, 0.25) is 0 Å². The molecule has 0 unspecified atom stereocenters. The molecule has 0 aliphatic carbocycles. The Morgan fingerprint density at radius 1 is 1.48 bits per heavy atom. The third-order valence-corrected chi connectivity index (χ3v) is 3.50. The van der Waals surface area contributed by atoms with Crippen LogP contribution in [-0.4, -0.2) is 26.0 Å². The molecule has 0 radical (unpaired) electrons. The van der Waals surface area contributed by atoms with E-state index in [4.69, 9.17) is 11.6 Å². The molecule has 0 aromatic carbocycles. The zero-order valence-corrected chi connectivity index (χ0v) is 14.6. The van der Waals surface area contributed by atoms with Gasteiger partial charge in [0.05, 0.1) is 5.88 Å². The highest BCUT2D eigenvalue weighted by Crippen LogP contribution is 2.19. The Hall–Kier alpha value is -1.14. The Bertz CT molecular complexity index is 663. The number of aromatic nitrogens is 3. The van der Waals surface area contributed by atoms with Gasteiger partial charge in [0, 0.05) is 29.2 Å². The van der Waals surface area contributed by atoms with Crippen molar-refractivity contribution in [1.29, 1.82) is 0 Å². The quantitative estimate of drug-likeness (QED) is 0.837. The molecular weight excluding hydrogens is 356 g/mol. The monoisotopic (exact) mass is 372 g/mol. The number of hydrogen-bond acceptors (Lipinski definition) is 3. The van der Waals surface area contributed by atoms with Crippen molar-refractivity contribution in [3.63, 3.8) is 0 Å². The van der Waals surface area contributed by atoms with Gasteiger partial charge in [0.15, 0.2) is 5.65 Å². The van der Waals surface area contributed by atoms with Crippen LogP contribution < -0.4 is 5.32 Å². The van der Waals surface area contributed by atoms with E-state index in [1.165, 1.54) is 0 Å². The van der Waals surface area contributed by atoms with Crippen molar-refractivity contribution in [3.05, 3.63) is 22.6 Å². The van der Waals surface area contributed by atoms with E-state index in [2.05, 4.69) is 31.2 Å². The third-order valence-electron chi connectivity index (χ3n) is 2.83. The van der Waals surface area contributed by atoms with Gasteiger partial charge in [-0.1, -0.05) is 0 Å². The average molecular weight is 374 g/mol. The highest BCUT2D eigenvalue weighted by atomic mass is 79.9. The van der Waals surface area contributed by atoms with Gasteiger partial charge >= 0.3 is 0 Å². The fourth-order valence-electron chi connectivity index (χ4n) is 2.06. The molecule has 7 heteroatoms. The van der Waals surface area contributed by atoms with Crippen molar-refractivity contribution < 1.29 is 4.79 Å². The molecule has 2 aromatic rings. The topological polar surface area (TPSA) is 59.8 Å². The number of carbonyl (C=O) groups is 1. The summed E-state index contributed by atoms with van der Waals surface area (Å²) in [5.74, 6) is 1.01. The first-order valence-corrected chi connectivity index (χ1v) is 8.00. The number of fused-ring (bicyclic) bond motifs is 1. The van der Waals surface area contributed by atoms with E-state index in [0.29, 0.717) is 13.0 Å².